The largest absolute Gasteiger partial charge is 0.478 e. The Kier molecular flexibility index (Phi) is 10.5. The van der Waals surface area contributed by atoms with Crippen molar-refractivity contribution in [3.63, 3.8) is 0 Å². The van der Waals surface area contributed by atoms with E-state index in [0.29, 0.717) is 6.42 Å². The summed E-state index contributed by atoms with van der Waals surface area (Å²) in [5, 5.41) is 9.37. The second-order valence-corrected chi connectivity index (χ2v) is 9.04. The normalized spacial score (nSPS) is 26.6. The van der Waals surface area contributed by atoms with Gasteiger partial charge in [0.25, 0.3) is 0 Å². The first-order valence-corrected chi connectivity index (χ1v) is 12.5. The van der Waals surface area contributed by atoms with Crippen LogP contribution in [0, 0.1) is 0 Å². The second kappa shape index (κ2) is 13.6. The topological polar surface area (TPSA) is 85.4 Å². The highest BCUT2D eigenvalue weighted by Crippen LogP contribution is 2.31. The minimum atomic E-state index is -1.15. The van der Waals surface area contributed by atoms with E-state index in [9.17, 15) is 14.7 Å². The van der Waals surface area contributed by atoms with Gasteiger partial charge in [-0.05, 0) is 25.0 Å². The molecule has 178 valence electrons. The number of rotatable bonds is 3. The van der Waals surface area contributed by atoms with Crippen molar-refractivity contribution in [2.45, 2.75) is 115 Å². The van der Waals surface area contributed by atoms with Crippen LogP contribution in [0.4, 0.5) is 0 Å². The molecular weight excluding hydrogens is 408 g/mol. The number of hydrogen-bond donors (Lipinski definition) is 1. The molecule has 2 aliphatic rings. The number of carbonyl (C=O) groups excluding carboxylic acids is 1. The zero-order valence-corrected chi connectivity index (χ0v) is 19.1. The van der Waals surface area contributed by atoms with E-state index in [0.717, 1.165) is 25.7 Å². The summed E-state index contributed by atoms with van der Waals surface area (Å²) in [6, 6.07) is 6.12. The van der Waals surface area contributed by atoms with E-state index in [-0.39, 0.29) is 23.5 Å². The Hall–Kier alpha value is -1.92. The van der Waals surface area contributed by atoms with Crippen molar-refractivity contribution < 1.29 is 28.9 Å². The summed E-state index contributed by atoms with van der Waals surface area (Å²) < 4.78 is 17.3. The third-order valence-electron chi connectivity index (χ3n) is 6.37. The Morgan fingerprint density at radius 3 is 1.78 bits per heavy atom. The van der Waals surface area contributed by atoms with Crippen LogP contribution >= 0.6 is 0 Å². The summed E-state index contributed by atoms with van der Waals surface area (Å²) in [5.74, 6) is -1.81. The molecule has 0 saturated carbocycles. The zero-order chi connectivity index (χ0) is 22.6. The van der Waals surface area contributed by atoms with Gasteiger partial charge in [-0.1, -0.05) is 89.2 Å². The van der Waals surface area contributed by atoms with Crippen LogP contribution < -0.4 is 0 Å². The molecule has 1 N–H and O–H groups in total. The smallest absolute Gasteiger partial charge is 0.341 e. The lowest BCUT2D eigenvalue weighted by Gasteiger charge is -2.18. The van der Waals surface area contributed by atoms with Crippen LogP contribution in [0.25, 0.3) is 0 Å². The summed E-state index contributed by atoms with van der Waals surface area (Å²) in [6.45, 7) is 0. The first-order valence-electron chi connectivity index (χ1n) is 12.5. The van der Waals surface area contributed by atoms with Gasteiger partial charge < -0.3 is 19.3 Å². The monoisotopic (exact) mass is 446 g/mol. The lowest BCUT2D eigenvalue weighted by Crippen LogP contribution is -2.25. The molecule has 32 heavy (non-hydrogen) atoms. The van der Waals surface area contributed by atoms with E-state index in [1.54, 1.807) is 12.1 Å². The van der Waals surface area contributed by atoms with Gasteiger partial charge in [-0.3, -0.25) is 0 Å². The summed E-state index contributed by atoms with van der Waals surface area (Å²) in [4.78, 5) is 24.2. The van der Waals surface area contributed by atoms with E-state index in [1.807, 2.05) is 0 Å². The molecule has 2 fully saturated rings. The summed E-state index contributed by atoms with van der Waals surface area (Å²) in [7, 11) is 0. The van der Waals surface area contributed by atoms with Crippen molar-refractivity contribution >= 4 is 11.9 Å². The lowest BCUT2D eigenvalue weighted by atomic mass is 10.0. The molecule has 3 atom stereocenters. The van der Waals surface area contributed by atoms with Gasteiger partial charge in [0, 0.05) is 6.42 Å². The van der Waals surface area contributed by atoms with Crippen molar-refractivity contribution in [1.82, 2.24) is 0 Å². The molecule has 1 aromatic rings. The minimum absolute atomic E-state index is 0.0485. The number of hydrogen-bond acceptors (Lipinski definition) is 5. The Morgan fingerprint density at radius 2 is 1.22 bits per heavy atom. The predicted molar refractivity (Wildman–Crippen MR) is 122 cm³/mol. The first-order chi connectivity index (χ1) is 15.6. The third-order valence-corrected chi connectivity index (χ3v) is 6.37. The number of benzene rings is 1. The maximum Gasteiger partial charge on any atom is 0.341 e. The van der Waals surface area contributed by atoms with Gasteiger partial charge >= 0.3 is 11.9 Å². The number of aromatic carboxylic acids is 1. The summed E-state index contributed by atoms with van der Waals surface area (Å²) >= 11 is 0. The van der Waals surface area contributed by atoms with Gasteiger partial charge in [-0.25, -0.2) is 9.59 Å². The van der Waals surface area contributed by atoms with Crippen molar-refractivity contribution in [3.8, 4) is 0 Å². The van der Waals surface area contributed by atoms with Crippen LogP contribution in [0.15, 0.2) is 24.3 Å². The fourth-order valence-corrected chi connectivity index (χ4v) is 4.39. The number of fused-ring (bicyclic) bond motifs is 1. The van der Waals surface area contributed by atoms with Crippen molar-refractivity contribution in [2.75, 3.05) is 0 Å². The van der Waals surface area contributed by atoms with Gasteiger partial charge in [0.2, 0.25) is 6.29 Å². The van der Waals surface area contributed by atoms with Gasteiger partial charge in [0.15, 0.2) is 6.29 Å². The van der Waals surface area contributed by atoms with Crippen LogP contribution in [0.3, 0.4) is 0 Å². The number of carboxylic acid groups (broad SMARTS) is 1. The van der Waals surface area contributed by atoms with Gasteiger partial charge in [0.05, 0.1) is 11.1 Å². The molecular formula is C26H38O6. The summed E-state index contributed by atoms with van der Waals surface area (Å²) in [6.07, 6.45) is 16.6. The Bertz CT molecular complexity index is 718. The van der Waals surface area contributed by atoms with Crippen molar-refractivity contribution in [2.24, 2.45) is 0 Å². The van der Waals surface area contributed by atoms with E-state index < -0.39 is 18.2 Å². The molecule has 0 radical (unpaired) electrons. The Labute approximate surface area is 191 Å². The average molecular weight is 447 g/mol. The maximum atomic E-state index is 12.7. The Balaban J connectivity index is 1.55. The fourth-order valence-electron chi connectivity index (χ4n) is 4.39. The lowest BCUT2D eigenvalue weighted by molar-refractivity contribution is -0.142. The van der Waals surface area contributed by atoms with Crippen LogP contribution in [0.2, 0.25) is 0 Å². The quantitative estimate of drug-likeness (QED) is 0.423. The highest BCUT2D eigenvalue weighted by Gasteiger charge is 2.42. The molecule has 0 aliphatic carbocycles. The number of epoxide rings is 1. The van der Waals surface area contributed by atoms with Crippen LogP contribution in [-0.2, 0) is 14.2 Å². The predicted octanol–water partition coefficient (Wildman–Crippen LogP) is 6.47. The molecule has 2 saturated heterocycles. The molecule has 0 amide bonds. The van der Waals surface area contributed by atoms with E-state index in [2.05, 4.69) is 0 Å². The molecule has 6 heteroatoms. The van der Waals surface area contributed by atoms with E-state index in [1.165, 1.54) is 76.3 Å². The fraction of sp³-hybridized carbons (Fsp3) is 0.692. The van der Waals surface area contributed by atoms with E-state index in [4.69, 9.17) is 14.2 Å². The molecule has 0 spiro atoms. The molecule has 3 rings (SSSR count). The molecule has 6 nitrogen and oxygen atoms in total. The molecule has 1 aromatic carbocycles. The number of esters is 1. The van der Waals surface area contributed by atoms with Crippen molar-refractivity contribution in [1.29, 1.82) is 0 Å². The second-order valence-electron chi connectivity index (χ2n) is 9.04. The molecule has 0 bridgehead atoms. The van der Waals surface area contributed by atoms with Gasteiger partial charge in [-0.15, -0.1) is 0 Å². The van der Waals surface area contributed by atoms with Crippen LogP contribution in [0.1, 0.15) is 117 Å². The molecule has 2 aliphatic heterocycles. The average Bonchev–Trinajstić information content (AvgIpc) is 3.53. The molecule has 2 heterocycles. The first kappa shape index (κ1) is 24.7. The minimum Gasteiger partial charge on any atom is -0.478 e. The molecule has 0 aromatic heterocycles. The number of carbonyl (C=O) groups is 2. The zero-order valence-electron chi connectivity index (χ0n) is 19.1. The van der Waals surface area contributed by atoms with Crippen molar-refractivity contribution in [3.05, 3.63) is 35.4 Å². The van der Waals surface area contributed by atoms with Gasteiger partial charge in [-0.2, -0.15) is 0 Å². The van der Waals surface area contributed by atoms with Crippen LogP contribution in [-0.4, -0.2) is 35.7 Å². The maximum absolute atomic E-state index is 12.7. The third kappa shape index (κ3) is 8.55. The summed E-state index contributed by atoms with van der Waals surface area (Å²) in [5.41, 5.74) is -0.0125. The number of carboxylic acids is 1. The molecule has 3 unspecified atom stereocenters. The standard InChI is InChI=1S/C26H38O6/c27-24(28)20-16-14-15-17-21(20)25(29)31-23-19-13-11-9-7-5-3-1-2-4-6-8-10-12-18-22-26(30-22)32-23/h14-17,22-23,26H,1-13,18-19H2,(H,27,28). The van der Waals surface area contributed by atoms with Gasteiger partial charge in [0.1, 0.15) is 6.10 Å². The Morgan fingerprint density at radius 1 is 0.719 bits per heavy atom. The van der Waals surface area contributed by atoms with Crippen LogP contribution in [0.5, 0.6) is 0 Å². The SMILES string of the molecule is O=C(O)c1ccccc1C(=O)OC1CCCCCCCCCCCCCCCC2OC2O1. The highest BCUT2D eigenvalue weighted by atomic mass is 16.8. The number of ether oxygens (including phenoxy) is 3. The highest BCUT2D eigenvalue weighted by molar-refractivity contribution is 6.02. The van der Waals surface area contributed by atoms with E-state index >= 15 is 0 Å².